The topological polar surface area (TPSA) is 94.2 Å². The van der Waals surface area contributed by atoms with Gasteiger partial charge in [0.15, 0.2) is 6.04 Å². The average molecular weight is 559 g/mol. The van der Waals surface area contributed by atoms with Crippen LogP contribution in [0.4, 0.5) is 9.59 Å². The third kappa shape index (κ3) is 8.37. The van der Waals surface area contributed by atoms with Crippen molar-refractivity contribution >= 4 is 18.2 Å². The van der Waals surface area contributed by atoms with Gasteiger partial charge in [0, 0.05) is 0 Å². The smallest absolute Gasteiger partial charge is 0.430 e. The Hall–Kier alpha value is -2.77. The van der Waals surface area contributed by atoms with Crippen LogP contribution in [0.15, 0.2) is 30.3 Å². The van der Waals surface area contributed by atoms with Crippen LogP contribution in [0.2, 0.25) is 0 Å². The fourth-order valence-corrected chi connectivity index (χ4v) is 6.41. The fraction of sp³-hybridized carbons (Fsp3) is 0.719. The minimum atomic E-state index is -1.23. The van der Waals surface area contributed by atoms with Gasteiger partial charge in [0.2, 0.25) is 0 Å². The van der Waals surface area contributed by atoms with Gasteiger partial charge in [0.1, 0.15) is 12.2 Å². The zero-order chi connectivity index (χ0) is 29.4. The van der Waals surface area contributed by atoms with E-state index in [0.29, 0.717) is 29.2 Å². The third-order valence-corrected chi connectivity index (χ3v) is 8.73. The Morgan fingerprint density at radius 2 is 1.38 bits per heavy atom. The number of nitrogens with one attached hydrogen (secondary N) is 1. The van der Waals surface area contributed by atoms with Crippen molar-refractivity contribution in [2.45, 2.75) is 105 Å². The van der Waals surface area contributed by atoms with Gasteiger partial charge >= 0.3 is 18.2 Å². The molecule has 7 atom stereocenters. The number of nitrogens with zero attached hydrogens (tertiary/aromatic N) is 1. The molecule has 1 aromatic rings. The molecule has 0 spiro atoms. The first kappa shape index (κ1) is 31.8. The number of rotatable bonds is 8. The lowest BCUT2D eigenvalue weighted by atomic mass is 9.75. The van der Waals surface area contributed by atoms with Crippen molar-refractivity contribution in [2.24, 2.45) is 35.5 Å². The van der Waals surface area contributed by atoms with Gasteiger partial charge in [-0.3, -0.25) is 0 Å². The highest BCUT2D eigenvalue weighted by Gasteiger charge is 2.41. The standard InChI is InChI=1S/C32H50N2O6/c1-8-38-30(35)29(24-12-10-9-11-13-24)34(32(37)40-28-19-23(7)15-17-26(28)21(4)5)33-31(36)39-27-18-22(6)14-16-25(27)20(2)3/h9-13,20-23,25-29H,8,14-19H2,1-7H3,(H,33,36)/t22-,23-,25+,26+,27-,28-,29-/m0/s1. The van der Waals surface area contributed by atoms with Gasteiger partial charge < -0.3 is 14.2 Å². The van der Waals surface area contributed by atoms with Gasteiger partial charge in [-0.15, -0.1) is 0 Å². The Balaban J connectivity index is 1.91. The fourth-order valence-electron chi connectivity index (χ4n) is 6.41. The molecule has 224 valence electrons. The zero-order valence-electron chi connectivity index (χ0n) is 25.4. The number of hydrogen-bond donors (Lipinski definition) is 1. The van der Waals surface area contributed by atoms with E-state index in [4.69, 9.17) is 14.2 Å². The van der Waals surface area contributed by atoms with Gasteiger partial charge in [0.05, 0.1) is 6.61 Å². The highest BCUT2D eigenvalue weighted by molar-refractivity contribution is 5.84. The van der Waals surface area contributed by atoms with Gasteiger partial charge in [0.25, 0.3) is 0 Å². The summed E-state index contributed by atoms with van der Waals surface area (Å²) in [6.07, 6.45) is 3.45. The summed E-state index contributed by atoms with van der Waals surface area (Å²) in [7, 11) is 0. The molecule has 1 N–H and O–H groups in total. The molecule has 0 unspecified atom stereocenters. The summed E-state index contributed by atoms with van der Waals surface area (Å²) >= 11 is 0. The minimum absolute atomic E-state index is 0.126. The molecular weight excluding hydrogens is 508 g/mol. The lowest BCUT2D eigenvalue weighted by Crippen LogP contribution is -2.53. The number of benzene rings is 1. The third-order valence-electron chi connectivity index (χ3n) is 8.73. The Morgan fingerprint density at radius 3 is 1.88 bits per heavy atom. The van der Waals surface area contributed by atoms with Gasteiger partial charge in [-0.25, -0.2) is 19.8 Å². The summed E-state index contributed by atoms with van der Waals surface area (Å²) in [6.45, 7) is 14.7. The molecule has 40 heavy (non-hydrogen) atoms. The van der Waals surface area contributed by atoms with E-state index in [1.54, 1.807) is 31.2 Å². The quantitative estimate of drug-likeness (QED) is 0.204. The molecule has 8 heteroatoms. The highest BCUT2D eigenvalue weighted by atomic mass is 16.6. The molecule has 2 fully saturated rings. The first-order valence-corrected chi connectivity index (χ1v) is 15.2. The van der Waals surface area contributed by atoms with Crippen LogP contribution in [0.25, 0.3) is 0 Å². The highest BCUT2D eigenvalue weighted by Crippen LogP contribution is 2.37. The normalized spacial score (nSPS) is 27.5. The second kappa shape index (κ2) is 14.7. The molecule has 0 radical (unpaired) electrons. The first-order chi connectivity index (χ1) is 19.0. The van der Waals surface area contributed by atoms with Crippen LogP contribution in [-0.4, -0.2) is 42.0 Å². The second-order valence-corrected chi connectivity index (χ2v) is 12.6. The summed E-state index contributed by atoms with van der Waals surface area (Å²) in [6, 6.07) is 7.60. The number of amides is 2. The molecule has 2 saturated carbocycles. The maximum atomic E-state index is 13.9. The SMILES string of the molecule is CCOC(=O)[C@H](c1ccccc1)N(NC(=O)O[C@H]1C[C@@H](C)CC[C@@H]1C(C)C)C(=O)O[C@H]1C[C@@H](C)CC[C@@H]1C(C)C. The number of hydrazine groups is 1. The van der Waals surface area contributed by atoms with Crippen LogP contribution in [-0.2, 0) is 19.0 Å². The maximum Gasteiger partial charge on any atom is 0.430 e. The molecule has 8 nitrogen and oxygen atoms in total. The van der Waals surface area contributed by atoms with E-state index in [2.05, 4.69) is 47.0 Å². The number of esters is 1. The Kier molecular flexibility index (Phi) is 11.7. The monoisotopic (exact) mass is 558 g/mol. The van der Waals surface area contributed by atoms with Gasteiger partial charge in [-0.1, -0.05) is 84.7 Å². The first-order valence-electron chi connectivity index (χ1n) is 15.2. The minimum Gasteiger partial charge on any atom is -0.464 e. The molecular formula is C32H50N2O6. The Morgan fingerprint density at radius 1 is 0.850 bits per heavy atom. The average Bonchev–Trinajstić information content (AvgIpc) is 2.88. The Labute approximate surface area is 240 Å². The van der Waals surface area contributed by atoms with E-state index in [-0.39, 0.29) is 30.7 Å². The van der Waals surface area contributed by atoms with Crippen LogP contribution < -0.4 is 5.43 Å². The Bertz CT molecular complexity index is 967. The van der Waals surface area contributed by atoms with Crippen LogP contribution in [0.3, 0.4) is 0 Å². The zero-order valence-corrected chi connectivity index (χ0v) is 25.4. The molecule has 2 aliphatic rings. The molecule has 0 aliphatic heterocycles. The predicted octanol–water partition coefficient (Wildman–Crippen LogP) is 7.29. The van der Waals surface area contributed by atoms with E-state index >= 15 is 0 Å². The van der Waals surface area contributed by atoms with Crippen molar-refractivity contribution in [3.63, 3.8) is 0 Å². The molecule has 0 bridgehead atoms. The second-order valence-electron chi connectivity index (χ2n) is 12.6. The lowest BCUT2D eigenvalue weighted by Gasteiger charge is -2.39. The summed E-state index contributed by atoms with van der Waals surface area (Å²) < 4.78 is 17.4. The maximum absolute atomic E-state index is 13.9. The van der Waals surface area contributed by atoms with Crippen LogP contribution >= 0.6 is 0 Å². The van der Waals surface area contributed by atoms with E-state index in [1.165, 1.54) is 0 Å². The molecule has 1 aromatic carbocycles. The van der Waals surface area contributed by atoms with Crippen LogP contribution in [0.5, 0.6) is 0 Å². The van der Waals surface area contributed by atoms with E-state index < -0.39 is 24.2 Å². The molecule has 2 aliphatic carbocycles. The summed E-state index contributed by atoms with van der Waals surface area (Å²) in [5.41, 5.74) is 3.12. The van der Waals surface area contributed by atoms with Crippen molar-refractivity contribution in [1.29, 1.82) is 0 Å². The van der Waals surface area contributed by atoms with Crippen molar-refractivity contribution in [2.75, 3.05) is 6.61 Å². The largest absolute Gasteiger partial charge is 0.464 e. The van der Waals surface area contributed by atoms with Crippen molar-refractivity contribution < 1.29 is 28.6 Å². The van der Waals surface area contributed by atoms with Crippen LogP contribution in [0.1, 0.15) is 98.6 Å². The van der Waals surface area contributed by atoms with Crippen molar-refractivity contribution in [3.05, 3.63) is 35.9 Å². The van der Waals surface area contributed by atoms with E-state index in [0.717, 1.165) is 43.5 Å². The van der Waals surface area contributed by atoms with E-state index in [1.807, 2.05) is 6.07 Å². The molecule has 0 saturated heterocycles. The number of carbonyl (C=O) groups is 3. The number of carbonyl (C=O) groups excluding carboxylic acids is 3. The summed E-state index contributed by atoms with van der Waals surface area (Å²) in [4.78, 5) is 40.6. The van der Waals surface area contributed by atoms with Crippen LogP contribution in [0, 0.1) is 35.5 Å². The van der Waals surface area contributed by atoms with Crippen molar-refractivity contribution in [1.82, 2.24) is 10.4 Å². The molecule has 0 heterocycles. The predicted molar refractivity (Wildman–Crippen MR) is 154 cm³/mol. The summed E-state index contributed by atoms with van der Waals surface area (Å²) in [5.74, 6) is 1.30. The molecule has 2 amide bonds. The molecule has 0 aromatic heterocycles. The van der Waals surface area contributed by atoms with Gasteiger partial charge in [-0.2, -0.15) is 5.01 Å². The van der Waals surface area contributed by atoms with Gasteiger partial charge in [-0.05, 0) is 73.7 Å². The number of hydrogen-bond acceptors (Lipinski definition) is 6. The number of ether oxygens (including phenoxy) is 3. The summed E-state index contributed by atoms with van der Waals surface area (Å²) in [5, 5.41) is 0.975. The van der Waals surface area contributed by atoms with Crippen molar-refractivity contribution in [3.8, 4) is 0 Å². The lowest BCUT2D eigenvalue weighted by molar-refractivity contribution is -0.151. The van der Waals surface area contributed by atoms with E-state index in [9.17, 15) is 14.4 Å². The molecule has 3 rings (SSSR count).